The standard InChI is InChI=1S/C17H28N2O2/c1-20-16-8-7-15(17(13-16)21-2)14-18-9-6-12-19-10-4-3-5-11-19/h7-8,13,18H,3-6,9-12,14H2,1-2H3. The first-order valence-corrected chi connectivity index (χ1v) is 7.97. The second kappa shape index (κ2) is 8.90. The fraction of sp³-hybridized carbons (Fsp3) is 0.647. The lowest BCUT2D eigenvalue weighted by Crippen LogP contribution is -2.32. The van der Waals surface area contributed by atoms with Crippen LogP contribution in [-0.4, -0.2) is 45.3 Å². The van der Waals surface area contributed by atoms with Gasteiger partial charge in [-0.05, 0) is 51.5 Å². The fourth-order valence-electron chi connectivity index (χ4n) is 2.83. The minimum absolute atomic E-state index is 0.834. The van der Waals surface area contributed by atoms with Gasteiger partial charge in [0.15, 0.2) is 0 Å². The number of benzene rings is 1. The minimum Gasteiger partial charge on any atom is -0.497 e. The van der Waals surface area contributed by atoms with E-state index in [1.54, 1.807) is 14.2 Å². The number of nitrogens with zero attached hydrogens (tertiary/aromatic N) is 1. The van der Waals surface area contributed by atoms with Gasteiger partial charge in [-0.25, -0.2) is 0 Å². The van der Waals surface area contributed by atoms with Crippen LogP contribution in [0.1, 0.15) is 31.2 Å². The first-order valence-electron chi connectivity index (χ1n) is 7.97. The molecule has 0 radical (unpaired) electrons. The van der Waals surface area contributed by atoms with E-state index in [0.717, 1.165) is 24.6 Å². The van der Waals surface area contributed by atoms with Crippen LogP contribution in [0.4, 0.5) is 0 Å². The Balaban J connectivity index is 1.68. The first kappa shape index (κ1) is 16.1. The van der Waals surface area contributed by atoms with E-state index in [4.69, 9.17) is 9.47 Å². The molecule has 0 amide bonds. The van der Waals surface area contributed by atoms with Crippen LogP contribution >= 0.6 is 0 Å². The Morgan fingerprint density at radius 3 is 2.62 bits per heavy atom. The average molecular weight is 292 g/mol. The van der Waals surface area contributed by atoms with E-state index in [0.29, 0.717) is 0 Å². The summed E-state index contributed by atoms with van der Waals surface area (Å²) in [5, 5.41) is 3.51. The number of rotatable bonds is 8. The van der Waals surface area contributed by atoms with Crippen LogP contribution in [0.2, 0.25) is 0 Å². The van der Waals surface area contributed by atoms with Gasteiger partial charge in [-0.3, -0.25) is 0 Å². The molecule has 2 rings (SSSR count). The molecule has 0 bridgehead atoms. The molecule has 1 saturated heterocycles. The van der Waals surface area contributed by atoms with Crippen LogP contribution in [0.3, 0.4) is 0 Å². The summed E-state index contributed by atoms with van der Waals surface area (Å²) in [6.07, 6.45) is 5.36. The second-order valence-corrected chi connectivity index (χ2v) is 5.61. The zero-order valence-corrected chi connectivity index (χ0v) is 13.4. The quantitative estimate of drug-likeness (QED) is 0.747. The van der Waals surface area contributed by atoms with Crippen molar-refractivity contribution >= 4 is 0 Å². The maximum absolute atomic E-state index is 5.41. The van der Waals surface area contributed by atoms with E-state index in [1.807, 2.05) is 12.1 Å². The normalized spacial score (nSPS) is 15.9. The van der Waals surface area contributed by atoms with Crippen LogP contribution < -0.4 is 14.8 Å². The third-order valence-corrected chi connectivity index (χ3v) is 4.09. The Bertz CT molecular complexity index is 417. The van der Waals surface area contributed by atoms with E-state index >= 15 is 0 Å². The maximum Gasteiger partial charge on any atom is 0.127 e. The van der Waals surface area contributed by atoms with E-state index in [-0.39, 0.29) is 0 Å². The fourth-order valence-corrected chi connectivity index (χ4v) is 2.83. The Hall–Kier alpha value is -1.26. The van der Waals surface area contributed by atoms with Crippen molar-refractivity contribution in [2.45, 2.75) is 32.2 Å². The van der Waals surface area contributed by atoms with Crippen molar-refractivity contribution in [2.75, 3.05) is 40.4 Å². The molecule has 1 aliphatic heterocycles. The maximum atomic E-state index is 5.41. The van der Waals surface area contributed by atoms with Gasteiger partial charge in [-0.15, -0.1) is 0 Å². The highest BCUT2D eigenvalue weighted by molar-refractivity contribution is 5.40. The number of methoxy groups -OCH3 is 2. The van der Waals surface area contributed by atoms with Gasteiger partial charge in [-0.2, -0.15) is 0 Å². The second-order valence-electron chi connectivity index (χ2n) is 5.61. The number of nitrogens with one attached hydrogen (secondary N) is 1. The predicted octanol–water partition coefficient (Wildman–Crippen LogP) is 2.67. The van der Waals surface area contributed by atoms with Crippen molar-refractivity contribution in [3.05, 3.63) is 23.8 Å². The summed E-state index contributed by atoms with van der Waals surface area (Å²) in [6.45, 7) is 5.67. The predicted molar refractivity (Wildman–Crippen MR) is 86.2 cm³/mol. The van der Waals surface area contributed by atoms with Crippen LogP contribution in [0.25, 0.3) is 0 Å². The lowest BCUT2D eigenvalue weighted by atomic mass is 10.1. The topological polar surface area (TPSA) is 33.7 Å². The Morgan fingerprint density at radius 1 is 1.10 bits per heavy atom. The van der Waals surface area contributed by atoms with Crippen LogP contribution in [0.5, 0.6) is 11.5 Å². The molecule has 0 aromatic heterocycles. The highest BCUT2D eigenvalue weighted by Gasteiger charge is 2.09. The van der Waals surface area contributed by atoms with E-state index in [1.165, 1.54) is 50.9 Å². The molecule has 21 heavy (non-hydrogen) atoms. The molecule has 0 atom stereocenters. The molecule has 4 heteroatoms. The average Bonchev–Trinajstić information content (AvgIpc) is 2.55. The molecule has 1 aliphatic rings. The van der Waals surface area contributed by atoms with Gasteiger partial charge in [0.25, 0.3) is 0 Å². The molecule has 0 unspecified atom stereocenters. The lowest BCUT2D eigenvalue weighted by Gasteiger charge is -2.26. The number of likely N-dealkylation sites (tertiary alicyclic amines) is 1. The molecule has 0 spiro atoms. The van der Waals surface area contributed by atoms with Crippen molar-refractivity contribution in [3.63, 3.8) is 0 Å². The van der Waals surface area contributed by atoms with Gasteiger partial charge < -0.3 is 19.7 Å². The summed E-state index contributed by atoms with van der Waals surface area (Å²) in [6, 6.07) is 5.98. The molecular weight excluding hydrogens is 264 g/mol. The van der Waals surface area contributed by atoms with Crippen molar-refractivity contribution in [2.24, 2.45) is 0 Å². The largest absolute Gasteiger partial charge is 0.497 e. The SMILES string of the molecule is COc1ccc(CNCCCN2CCCCC2)c(OC)c1. The summed E-state index contributed by atoms with van der Waals surface area (Å²) in [5.41, 5.74) is 1.18. The number of hydrogen-bond acceptors (Lipinski definition) is 4. The van der Waals surface area contributed by atoms with Crippen LogP contribution in [0.15, 0.2) is 18.2 Å². The molecule has 0 saturated carbocycles. The van der Waals surface area contributed by atoms with Crippen molar-refractivity contribution in [1.29, 1.82) is 0 Å². The van der Waals surface area contributed by atoms with Crippen LogP contribution in [-0.2, 0) is 6.54 Å². The Labute approximate surface area is 128 Å². The van der Waals surface area contributed by atoms with Crippen molar-refractivity contribution in [1.82, 2.24) is 10.2 Å². The molecule has 0 aliphatic carbocycles. The molecule has 1 fully saturated rings. The highest BCUT2D eigenvalue weighted by atomic mass is 16.5. The third-order valence-electron chi connectivity index (χ3n) is 4.09. The summed E-state index contributed by atoms with van der Waals surface area (Å²) in [5.74, 6) is 1.72. The number of piperidine rings is 1. The van der Waals surface area contributed by atoms with Crippen molar-refractivity contribution in [3.8, 4) is 11.5 Å². The van der Waals surface area contributed by atoms with Gasteiger partial charge in [0.2, 0.25) is 0 Å². The van der Waals surface area contributed by atoms with Gasteiger partial charge in [0.05, 0.1) is 14.2 Å². The van der Waals surface area contributed by atoms with Crippen molar-refractivity contribution < 1.29 is 9.47 Å². The summed E-state index contributed by atoms with van der Waals surface area (Å²) in [7, 11) is 3.38. The summed E-state index contributed by atoms with van der Waals surface area (Å²) < 4.78 is 10.6. The van der Waals surface area contributed by atoms with Crippen LogP contribution in [0, 0.1) is 0 Å². The zero-order chi connectivity index (χ0) is 14.9. The molecule has 118 valence electrons. The minimum atomic E-state index is 0.834. The highest BCUT2D eigenvalue weighted by Crippen LogP contribution is 2.24. The Kier molecular flexibility index (Phi) is 6.83. The van der Waals surface area contributed by atoms with Gasteiger partial charge in [-0.1, -0.05) is 12.5 Å². The summed E-state index contributed by atoms with van der Waals surface area (Å²) >= 11 is 0. The summed E-state index contributed by atoms with van der Waals surface area (Å²) in [4.78, 5) is 2.58. The Morgan fingerprint density at radius 2 is 1.90 bits per heavy atom. The zero-order valence-electron chi connectivity index (χ0n) is 13.4. The number of hydrogen-bond donors (Lipinski definition) is 1. The third kappa shape index (κ3) is 5.21. The molecule has 1 aromatic rings. The van der Waals surface area contributed by atoms with E-state index < -0.39 is 0 Å². The van der Waals surface area contributed by atoms with Gasteiger partial charge >= 0.3 is 0 Å². The lowest BCUT2D eigenvalue weighted by molar-refractivity contribution is 0.225. The van der Waals surface area contributed by atoms with Gasteiger partial charge in [0.1, 0.15) is 11.5 Å². The molecule has 1 N–H and O–H groups in total. The first-order chi connectivity index (χ1) is 10.3. The smallest absolute Gasteiger partial charge is 0.127 e. The van der Waals surface area contributed by atoms with E-state index in [2.05, 4.69) is 16.3 Å². The molecule has 1 heterocycles. The van der Waals surface area contributed by atoms with E-state index in [9.17, 15) is 0 Å². The van der Waals surface area contributed by atoms with Gasteiger partial charge in [0, 0.05) is 18.2 Å². The number of ether oxygens (including phenoxy) is 2. The molecule has 4 nitrogen and oxygen atoms in total. The molecule has 1 aromatic carbocycles. The monoisotopic (exact) mass is 292 g/mol. The molecular formula is C17H28N2O2.